The first kappa shape index (κ1) is 16.9. The summed E-state index contributed by atoms with van der Waals surface area (Å²) in [5, 5.41) is 5.03. The number of aromatic nitrogens is 1. The van der Waals surface area contributed by atoms with Crippen molar-refractivity contribution < 1.29 is 14.0 Å². The van der Waals surface area contributed by atoms with Crippen molar-refractivity contribution in [2.45, 2.75) is 24.8 Å². The fourth-order valence-corrected chi connectivity index (χ4v) is 4.41. The van der Waals surface area contributed by atoms with Crippen molar-refractivity contribution in [3.63, 3.8) is 0 Å². The van der Waals surface area contributed by atoms with Crippen LogP contribution in [-0.2, 0) is 9.59 Å². The normalized spacial score (nSPS) is 19.3. The van der Waals surface area contributed by atoms with E-state index in [9.17, 15) is 14.0 Å². The molecule has 1 aliphatic rings. The minimum absolute atomic E-state index is 0.250. The van der Waals surface area contributed by atoms with Crippen molar-refractivity contribution in [2.75, 3.05) is 11.1 Å². The van der Waals surface area contributed by atoms with Gasteiger partial charge in [-0.25, -0.2) is 9.37 Å². The minimum Gasteiger partial charge on any atom is -0.318 e. The molecule has 1 N–H and O–H groups in total. The smallest absolute Gasteiger partial charge is 0.249 e. The van der Waals surface area contributed by atoms with Crippen LogP contribution in [0.2, 0.25) is 0 Å². The van der Waals surface area contributed by atoms with E-state index in [0.29, 0.717) is 16.6 Å². The van der Waals surface area contributed by atoms with E-state index < -0.39 is 10.9 Å². The SMILES string of the molecule is CC1(C)SC[C@H](C(=O)Nc2nc(-c3ccc(F)cc3)cs2)N1C=O. The van der Waals surface area contributed by atoms with E-state index in [2.05, 4.69) is 10.3 Å². The van der Waals surface area contributed by atoms with Gasteiger partial charge >= 0.3 is 0 Å². The number of carbonyl (C=O) groups is 2. The van der Waals surface area contributed by atoms with E-state index in [1.807, 2.05) is 13.8 Å². The molecule has 2 aromatic rings. The monoisotopic (exact) mass is 365 g/mol. The lowest BCUT2D eigenvalue weighted by atomic mass is 10.2. The number of nitrogens with one attached hydrogen (secondary N) is 1. The third-order valence-corrected chi connectivity index (χ3v) is 6.00. The number of thioether (sulfide) groups is 1. The number of halogens is 1. The molecule has 1 aromatic heterocycles. The Bertz CT molecular complexity index is 761. The van der Waals surface area contributed by atoms with E-state index in [-0.39, 0.29) is 11.7 Å². The standard InChI is InChI=1S/C16H16FN3O2S2/c1-16(2)20(9-21)13(8-24-16)14(22)19-15-18-12(7-23-15)10-3-5-11(17)6-4-10/h3-7,9,13H,8H2,1-2H3,(H,18,19,22)/t13-/m1/s1. The second kappa shape index (κ2) is 6.52. The Labute approximate surface area is 147 Å². The Morgan fingerprint density at radius 1 is 1.42 bits per heavy atom. The molecule has 2 amide bonds. The van der Waals surface area contributed by atoms with E-state index in [4.69, 9.17) is 0 Å². The fraction of sp³-hybridized carbons (Fsp3) is 0.312. The maximum absolute atomic E-state index is 13.0. The van der Waals surface area contributed by atoms with Crippen molar-refractivity contribution in [2.24, 2.45) is 0 Å². The molecule has 126 valence electrons. The van der Waals surface area contributed by atoms with Crippen LogP contribution in [0.5, 0.6) is 0 Å². The van der Waals surface area contributed by atoms with Gasteiger partial charge in [0.15, 0.2) is 5.13 Å². The van der Waals surface area contributed by atoms with Crippen LogP contribution in [0.25, 0.3) is 11.3 Å². The van der Waals surface area contributed by atoms with E-state index in [1.165, 1.54) is 28.4 Å². The second-order valence-electron chi connectivity index (χ2n) is 5.82. The molecule has 1 aliphatic heterocycles. The zero-order valence-electron chi connectivity index (χ0n) is 13.2. The zero-order valence-corrected chi connectivity index (χ0v) is 14.8. The molecule has 0 saturated carbocycles. The molecule has 0 spiro atoms. The van der Waals surface area contributed by atoms with Gasteiger partial charge in [0.1, 0.15) is 11.9 Å². The summed E-state index contributed by atoms with van der Waals surface area (Å²) in [4.78, 5) is 29.2. The molecule has 1 atom stereocenters. The zero-order chi connectivity index (χ0) is 17.3. The van der Waals surface area contributed by atoms with Gasteiger partial charge in [-0.3, -0.25) is 9.59 Å². The van der Waals surface area contributed by atoms with Crippen molar-refractivity contribution >= 4 is 40.5 Å². The largest absolute Gasteiger partial charge is 0.318 e. The fourth-order valence-electron chi connectivity index (χ4n) is 2.49. The first-order valence-corrected chi connectivity index (χ1v) is 9.17. The Hall–Kier alpha value is -1.93. The molecule has 5 nitrogen and oxygen atoms in total. The highest BCUT2D eigenvalue weighted by Crippen LogP contribution is 2.38. The van der Waals surface area contributed by atoms with Crippen LogP contribution >= 0.6 is 23.1 Å². The predicted octanol–water partition coefficient (Wildman–Crippen LogP) is 3.20. The number of hydrogen-bond donors (Lipinski definition) is 1. The van der Waals surface area contributed by atoms with Gasteiger partial charge in [-0.2, -0.15) is 0 Å². The third kappa shape index (κ3) is 3.29. The summed E-state index contributed by atoms with van der Waals surface area (Å²) < 4.78 is 13.0. The summed E-state index contributed by atoms with van der Waals surface area (Å²) in [6.45, 7) is 3.82. The van der Waals surface area contributed by atoms with E-state index >= 15 is 0 Å². The number of nitrogens with zero attached hydrogens (tertiary/aromatic N) is 2. The lowest BCUT2D eigenvalue weighted by Gasteiger charge is -2.29. The number of rotatable bonds is 4. The first-order chi connectivity index (χ1) is 11.4. The lowest BCUT2D eigenvalue weighted by Crippen LogP contribution is -2.47. The molecule has 3 rings (SSSR count). The Balaban J connectivity index is 1.72. The van der Waals surface area contributed by atoms with Gasteiger partial charge in [0.25, 0.3) is 0 Å². The first-order valence-electron chi connectivity index (χ1n) is 7.31. The molecule has 1 aromatic carbocycles. The van der Waals surface area contributed by atoms with Gasteiger partial charge < -0.3 is 10.2 Å². The van der Waals surface area contributed by atoms with Gasteiger partial charge in [0.05, 0.1) is 10.6 Å². The summed E-state index contributed by atoms with van der Waals surface area (Å²) in [5.74, 6) is -0.00804. The highest BCUT2D eigenvalue weighted by Gasteiger charge is 2.43. The highest BCUT2D eigenvalue weighted by molar-refractivity contribution is 8.00. The van der Waals surface area contributed by atoms with Crippen LogP contribution in [-0.4, -0.2) is 38.9 Å². The van der Waals surface area contributed by atoms with Crippen molar-refractivity contribution in [1.29, 1.82) is 0 Å². The Kier molecular flexibility index (Phi) is 4.60. The summed E-state index contributed by atoms with van der Waals surface area (Å²) >= 11 is 2.86. The number of carbonyl (C=O) groups excluding carboxylic acids is 2. The maximum Gasteiger partial charge on any atom is 0.249 e. The number of anilines is 1. The van der Waals surface area contributed by atoms with Crippen molar-refractivity contribution in [3.8, 4) is 11.3 Å². The molecule has 1 saturated heterocycles. The van der Waals surface area contributed by atoms with E-state index in [0.717, 1.165) is 12.0 Å². The topological polar surface area (TPSA) is 62.3 Å². The average molecular weight is 365 g/mol. The number of amides is 2. The van der Waals surface area contributed by atoms with Crippen molar-refractivity contribution in [3.05, 3.63) is 35.5 Å². The van der Waals surface area contributed by atoms with Crippen LogP contribution in [0.4, 0.5) is 9.52 Å². The van der Waals surface area contributed by atoms with Crippen LogP contribution in [0.1, 0.15) is 13.8 Å². The molecule has 8 heteroatoms. The van der Waals surface area contributed by atoms with Crippen LogP contribution in [0, 0.1) is 5.82 Å². The van der Waals surface area contributed by atoms with Gasteiger partial charge in [-0.15, -0.1) is 23.1 Å². The predicted molar refractivity (Wildman–Crippen MR) is 94.4 cm³/mol. The molecule has 0 radical (unpaired) electrons. The molecule has 0 unspecified atom stereocenters. The minimum atomic E-state index is -0.513. The Morgan fingerprint density at radius 2 is 2.12 bits per heavy atom. The van der Waals surface area contributed by atoms with Crippen molar-refractivity contribution in [1.82, 2.24) is 9.88 Å². The van der Waals surface area contributed by atoms with Crippen LogP contribution in [0.15, 0.2) is 29.6 Å². The average Bonchev–Trinajstić information content (AvgIpc) is 3.11. The van der Waals surface area contributed by atoms with Gasteiger partial charge in [0, 0.05) is 16.7 Å². The molecule has 2 heterocycles. The molecular weight excluding hydrogens is 349 g/mol. The third-order valence-electron chi connectivity index (χ3n) is 3.84. The quantitative estimate of drug-likeness (QED) is 0.845. The summed E-state index contributed by atoms with van der Waals surface area (Å²) in [5.41, 5.74) is 1.45. The van der Waals surface area contributed by atoms with Gasteiger partial charge in [-0.1, -0.05) is 0 Å². The molecule has 1 fully saturated rings. The van der Waals surface area contributed by atoms with Crippen LogP contribution < -0.4 is 5.32 Å². The molecule has 0 bridgehead atoms. The molecule has 0 aliphatic carbocycles. The summed E-state index contributed by atoms with van der Waals surface area (Å²) in [6, 6.07) is 5.50. The van der Waals surface area contributed by atoms with E-state index in [1.54, 1.807) is 29.3 Å². The number of thiazole rings is 1. The summed E-state index contributed by atoms with van der Waals surface area (Å²) in [7, 11) is 0. The van der Waals surface area contributed by atoms with Gasteiger partial charge in [-0.05, 0) is 38.1 Å². The number of hydrogen-bond acceptors (Lipinski definition) is 5. The lowest BCUT2D eigenvalue weighted by molar-refractivity contribution is -0.130. The maximum atomic E-state index is 13.0. The Morgan fingerprint density at radius 3 is 2.79 bits per heavy atom. The molecule has 24 heavy (non-hydrogen) atoms. The molecular formula is C16H16FN3O2S2. The number of benzene rings is 1. The summed E-state index contributed by atoms with van der Waals surface area (Å²) in [6.07, 6.45) is 0.718. The second-order valence-corrected chi connectivity index (χ2v) is 8.30. The highest BCUT2D eigenvalue weighted by atomic mass is 32.2. The van der Waals surface area contributed by atoms with Gasteiger partial charge in [0.2, 0.25) is 12.3 Å². The van der Waals surface area contributed by atoms with Crippen LogP contribution in [0.3, 0.4) is 0 Å².